The molecule has 2 heteroatoms. The molecule has 1 fully saturated rings. The van der Waals surface area contributed by atoms with Crippen LogP contribution >= 0.6 is 0 Å². The van der Waals surface area contributed by atoms with E-state index in [2.05, 4.69) is 42.2 Å². The van der Waals surface area contributed by atoms with Crippen LogP contribution in [0.3, 0.4) is 0 Å². The van der Waals surface area contributed by atoms with Gasteiger partial charge in [-0.05, 0) is 17.9 Å². The number of likely N-dealkylation sites (tertiary alicyclic amines) is 1. The van der Waals surface area contributed by atoms with Gasteiger partial charge in [-0.2, -0.15) is 0 Å². The van der Waals surface area contributed by atoms with E-state index >= 15 is 0 Å². The zero-order valence-electron chi connectivity index (χ0n) is 10.2. The van der Waals surface area contributed by atoms with Crippen LogP contribution in [0, 0.1) is 5.92 Å². The Bertz CT molecular complexity index is 312. The molecule has 1 aliphatic rings. The van der Waals surface area contributed by atoms with Crippen LogP contribution in [0.25, 0.3) is 0 Å². The summed E-state index contributed by atoms with van der Waals surface area (Å²) in [6, 6.07) is 10.7. The van der Waals surface area contributed by atoms with Crippen LogP contribution in [0.2, 0.25) is 0 Å². The van der Waals surface area contributed by atoms with E-state index in [0.717, 1.165) is 26.1 Å². The summed E-state index contributed by atoms with van der Waals surface area (Å²) < 4.78 is 5.48. The van der Waals surface area contributed by atoms with E-state index in [4.69, 9.17) is 4.74 Å². The molecule has 1 heterocycles. The molecule has 16 heavy (non-hydrogen) atoms. The molecule has 0 saturated carbocycles. The Labute approximate surface area is 98.2 Å². The zero-order valence-corrected chi connectivity index (χ0v) is 10.2. The van der Waals surface area contributed by atoms with E-state index < -0.39 is 0 Å². The van der Waals surface area contributed by atoms with Gasteiger partial charge in [0.05, 0.1) is 6.10 Å². The maximum Gasteiger partial charge on any atom is 0.0621 e. The first kappa shape index (κ1) is 11.6. The van der Waals surface area contributed by atoms with Gasteiger partial charge in [0.2, 0.25) is 0 Å². The number of piperidine rings is 1. The van der Waals surface area contributed by atoms with Crippen molar-refractivity contribution in [2.24, 2.45) is 5.92 Å². The summed E-state index contributed by atoms with van der Waals surface area (Å²) in [4.78, 5) is 2.52. The van der Waals surface area contributed by atoms with Crippen molar-refractivity contribution in [1.29, 1.82) is 0 Å². The number of benzene rings is 1. The normalized spacial score (nSPS) is 26.9. The van der Waals surface area contributed by atoms with Crippen molar-refractivity contribution in [3.63, 3.8) is 0 Å². The van der Waals surface area contributed by atoms with Crippen molar-refractivity contribution in [3.8, 4) is 0 Å². The molecule has 1 aliphatic heterocycles. The van der Waals surface area contributed by atoms with Crippen LogP contribution in [-0.4, -0.2) is 31.2 Å². The lowest BCUT2D eigenvalue weighted by Crippen LogP contribution is -2.42. The van der Waals surface area contributed by atoms with Gasteiger partial charge in [-0.3, -0.25) is 4.90 Å². The molecule has 2 rings (SSSR count). The van der Waals surface area contributed by atoms with Crippen LogP contribution in [0.15, 0.2) is 30.3 Å². The van der Waals surface area contributed by atoms with Gasteiger partial charge in [-0.25, -0.2) is 0 Å². The Morgan fingerprint density at radius 3 is 2.69 bits per heavy atom. The van der Waals surface area contributed by atoms with Gasteiger partial charge in [-0.15, -0.1) is 0 Å². The van der Waals surface area contributed by atoms with E-state index in [-0.39, 0.29) is 0 Å². The van der Waals surface area contributed by atoms with Gasteiger partial charge in [-0.1, -0.05) is 37.3 Å². The summed E-state index contributed by atoms with van der Waals surface area (Å²) in [5.74, 6) is 0.641. The predicted molar refractivity (Wildman–Crippen MR) is 66.3 cm³/mol. The summed E-state index contributed by atoms with van der Waals surface area (Å²) in [6.45, 7) is 5.65. The van der Waals surface area contributed by atoms with E-state index in [1.807, 2.05) is 7.11 Å². The molecule has 1 aromatic rings. The summed E-state index contributed by atoms with van der Waals surface area (Å²) >= 11 is 0. The molecule has 0 unspecified atom stereocenters. The van der Waals surface area contributed by atoms with Crippen LogP contribution < -0.4 is 0 Å². The van der Waals surface area contributed by atoms with Crippen LogP contribution in [-0.2, 0) is 11.3 Å². The molecule has 0 spiro atoms. The van der Waals surface area contributed by atoms with Crippen LogP contribution in [0.4, 0.5) is 0 Å². The van der Waals surface area contributed by atoms with Crippen molar-refractivity contribution in [2.75, 3.05) is 20.2 Å². The van der Waals surface area contributed by atoms with Crippen LogP contribution in [0.5, 0.6) is 0 Å². The highest BCUT2D eigenvalue weighted by molar-refractivity contribution is 5.14. The van der Waals surface area contributed by atoms with E-state index in [1.165, 1.54) is 5.56 Å². The first-order chi connectivity index (χ1) is 7.79. The zero-order chi connectivity index (χ0) is 11.4. The minimum absolute atomic E-state index is 0.451. The fourth-order valence-corrected chi connectivity index (χ4v) is 2.55. The molecule has 2 nitrogen and oxygen atoms in total. The summed E-state index contributed by atoms with van der Waals surface area (Å²) in [5.41, 5.74) is 1.41. The average Bonchev–Trinajstić information content (AvgIpc) is 2.31. The maximum atomic E-state index is 5.48. The Morgan fingerprint density at radius 2 is 2.06 bits per heavy atom. The van der Waals surface area contributed by atoms with E-state index in [1.54, 1.807) is 0 Å². The molecule has 2 atom stereocenters. The van der Waals surface area contributed by atoms with Gasteiger partial charge in [0.1, 0.15) is 0 Å². The molecule has 1 saturated heterocycles. The standard InChI is InChI=1S/C14H21NO/c1-12-10-15(9-8-14(12)16-2)11-13-6-4-3-5-7-13/h3-7,12,14H,8-11H2,1-2H3/t12-,14+/m1/s1. The van der Waals surface area contributed by atoms with E-state index in [0.29, 0.717) is 12.0 Å². The highest BCUT2D eigenvalue weighted by atomic mass is 16.5. The fourth-order valence-electron chi connectivity index (χ4n) is 2.55. The van der Waals surface area contributed by atoms with E-state index in [9.17, 15) is 0 Å². The van der Waals surface area contributed by atoms with Crippen molar-refractivity contribution in [1.82, 2.24) is 4.90 Å². The third kappa shape index (κ3) is 2.83. The van der Waals surface area contributed by atoms with Crippen molar-refractivity contribution < 1.29 is 4.74 Å². The maximum absolute atomic E-state index is 5.48. The second-order valence-electron chi connectivity index (χ2n) is 4.76. The number of rotatable bonds is 3. The Hall–Kier alpha value is -0.860. The molecular weight excluding hydrogens is 198 g/mol. The lowest BCUT2D eigenvalue weighted by Gasteiger charge is -2.36. The lowest BCUT2D eigenvalue weighted by atomic mass is 9.96. The first-order valence-electron chi connectivity index (χ1n) is 6.08. The van der Waals surface area contributed by atoms with Gasteiger partial charge < -0.3 is 4.74 Å². The number of ether oxygens (including phenoxy) is 1. The quantitative estimate of drug-likeness (QED) is 0.774. The molecular formula is C14H21NO. The van der Waals surface area contributed by atoms with Gasteiger partial charge in [0.25, 0.3) is 0 Å². The largest absolute Gasteiger partial charge is 0.381 e. The average molecular weight is 219 g/mol. The molecule has 0 amide bonds. The van der Waals surface area contributed by atoms with Gasteiger partial charge in [0, 0.05) is 26.7 Å². The summed E-state index contributed by atoms with van der Waals surface area (Å²) in [7, 11) is 1.83. The number of methoxy groups -OCH3 is 1. The number of hydrogen-bond acceptors (Lipinski definition) is 2. The van der Waals surface area contributed by atoms with Crippen LogP contribution in [0.1, 0.15) is 18.9 Å². The first-order valence-corrected chi connectivity index (χ1v) is 6.08. The van der Waals surface area contributed by atoms with Gasteiger partial charge in [0.15, 0.2) is 0 Å². The monoisotopic (exact) mass is 219 g/mol. The minimum atomic E-state index is 0.451. The topological polar surface area (TPSA) is 12.5 Å². The van der Waals surface area contributed by atoms with Crippen molar-refractivity contribution >= 4 is 0 Å². The SMILES string of the molecule is CO[C@H]1CCN(Cc2ccccc2)C[C@H]1C. The molecule has 0 aliphatic carbocycles. The lowest BCUT2D eigenvalue weighted by molar-refractivity contribution is -0.00168. The van der Waals surface area contributed by atoms with Gasteiger partial charge >= 0.3 is 0 Å². The second-order valence-corrected chi connectivity index (χ2v) is 4.76. The highest BCUT2D eigenvalue weighted by Gasteiger charge is 2.25. The fraction of sp³-hybridized carbons (Fsp3) is 0.571. The van der Waals surface area contributed by atoms with Crippen molar-refractivity contribution in [3.05, 3.63) is 35.9 Å². The molecule has 88 valence electrons. The highest BCUT2D eigenvalue weighted by Crippen LogP contribution is 2.20. The number of hydrogen-bond donors (Lipinski definition) is 0. The molecule has 0 aromatic heterocycles. The third-order valence-electron chi connectivity index (χ3n) is 3.46. The molecule has 0 radical (unpaired) electrons. The molecule has 0 N–H and O–H groups in total. The van der Waals surface area contributed by atoms with Crippen molar-refractivity contribution in [2.45, 2.75) is 26.0 Å². The smallest absolute Gasteiger partial charge is 0.0621 e. The Morgan fingerprint density at radius 1 is 1.31 bits per heavy atom. The molecule has 0 bridgehead atoms. The second kappa shape index (κ2) is 5.46. The number of nitrogens with zero attached hydrogens (tertiary/aromatic N) is 1. The third-order valence-corrected chi connectivity index (χ3v) is 3.46. The minimum Gasteiger partial charge on any atom is -0.381 e. The Kier molecular flexibility index (Phi) is 3.97. The molecule has 1 aromatic carbocycles. The predicted octanol–water partition coefficient (Wildman–Crippen LogP) is 2.54. The summed E-state index contributed by atoms with van der Waals surface area (Å²) in [6.07, 6.45) is 1.61. The Balaban J connectivity index is 1.89. The summed E-state index contributed by atoms with van der Waals surface area (Å²) in [5, 5.41) is 0.